The van der Waals surface area contributed by atoms with Crippen molar-refractivity contribution in [2.24, 2.45) is 0 Å². The van der Waals surface area contributed by atoms with Crippen LogP contribution in [0.15, 0.2) is 27.2 Å². The first-order valence-corrected chi connectivity index (χ1v) is 5.99. The number of benzene rings is 1. The molecule has 0 amide bonds. The summed E-state index contributed by atoms with van der Waals surface area (Å²) in [6.45, 7) is 4.33. The molecule has 0 heterocycles. The van der Waals surface area contributed by atoms with Crippen LogP contribution < -0.4 is 4.74 Å². The zero-order valence-corrected chi connectivity index (χ0v) is 11.6. The summed E-state index contributed by atoms with van der Waals surface area (Å²) < 4.78 is 6.58. The zero-order valence-electron chi connectivity index (χ0n) is 8.48. The Morgan fingerprint density at radius 2 is 1.93 bits per heavy atom. The lowest BCUT2D eigenvalue weighted by molar-refractivity contribution is 0.359. The average molecular weight is 310 g/mol. The summed E-state index contributed by atoms with van der Waals surface area (Å²) in [4.78, 5) is 0. The lowest BCUT2D eigenvalue weighted by atomic mass is 10.1. The van der Waals surface area contributed by atoms with Crippen LogP contribution in [0.25, 0.3) is 0 Å². The van der Waals surface area contributed by atoms with Crippen molar-refractivity contribution in [3.8, 4) is 5.75 Å². The van der Waals surface area contributed by atoms with Crippen molar-refractivity contribution >= 4 is 39.1 Å². The predicted octanol–water partition coefficient (Wildman–Crippen LogP) is 4.76. The molecule has 0 aromatic heterocycles. The van der Waals surface area contributed by atoms with Crippen LogP contribution in [0, 0.1) is 13.8 Å². The summed E-state index contributed by atoms with van der Waals surface area (Å²) in [5.41, 5.74) is 3.58. The second-order valence-corrected chi connectivity index (χ2v) is 4.71. The minimum absolute atomic E-state index is 0.297. The van der Waals surface area contributed by atoms with E-state index in [0.717, 1.165) is 21.3 Å². The molecule has 0 atom stereocenters. The molecule has 82 valence electrons. The maximum absolute atomic E-state index is 5.72. The Morgan fingerprint density at radius 1 is 1.40 bits per heavy atom. The molecule has 1 rings (SSSR count). The van der Waals surface area contributed by atoms with Gasteiger partial charge in [-0.25, -0.2) is 0 Å². The highest BCUT2D eigenvalue weighted by Crippen LogP contribution is 2.26. The molecular weight excluding hydrogens is 299 g/mol. The number of ether oxygens (including phenoxy) is 1. The minimum Gasteiger partial charge on any atom is -0.488 e. The third-order valence-corrected chi connectivity index (χ3v) is 3.75. The van der Waals surface area contributed by atoms with Gasteiger partial charge in [0, 0.05) is 10.0 Å². The topological polar surface area (TPSA) is 9.23 Å². The number of aryl methyl sites for hydroxylation is 2. The third-order valence-electron chi connectivity index (χ3n) is 1.91. The number of halogens is 3. The summed E-state index contributed by atoms with van der Waals surface area (Å²) >= 11 is 14.6. The van der Waals surface area contributed by atoms with Crippen LogP contribution in [0.1, 0.15) is 11.1 Å². The van der Waals surface area contributed by atoms with Crippen molar-refractivity contribution in [2.75, 3.05) is 6.61 Å². The normalized spacial score (nSPS) is 11.7. The fourth-order valence-electron chi connectivity index (χ4n) is 1.17. The molecule has 15 heavy (non-hydrogen) atoms. The van der Waals surface area contributed by atoms with Crippen LogP contribution in [0.4, 0.5) is 0 Å². The maximum atomic E-state index is 5.72. The maximum Gasteiger partial charge on any atom is 0.125 e. The Bertz CT molecular complexity index is 365. The van der Waals surface area contributed by atoms with Crippen LogP contribution >= 0.6 is 39.1 Å². The van der Waals surface area contributed by atoms with Crippen molar-refractivity contribution in [2.45, 2.75) is 13.8 Å². The Balaban J connectivity index is 2.79. The lowest BCUT2D eigenvalue weighted by Crippen LogP contribution is -1.97. The van der Waals surface area contributed by atoms with E-state index < -0.39 is 0 Å². The van der Waals surface area contributed by atoms with E-state index in [-0.39, 0.29) is 0 Å². The van der Waals surface area contributed by atoms with Crippen LogP contribution in [-0.4, -0.2) is 6.61 Å². The smallest absolute Gasteiger partial charge is 0.125 e. The first-order chi connectivity index (χ1) is 7.04. The second kappa shape index (κ2) is 5.78. The summed E-state index contributed by atoms with van der Waals surface area (Å²) in [7, 11) is 0. The Hall–Kier alpha value is -0.180. The van der Waals surface area contributed by atoms with Crippen LogP contribution in [-0.2, 0) is 0 Å². The van der Waals surface area contributed by atoms with Gasteiger partial charge in [-0.15, -0.1) is 0 Å². The van der Waals surface area contributed by atoms with Crippen LogP contribution in [0.2, 0.25) is 0 Å². The Labute approximate surface area is 108 Å². The number of hydrogen-bond donors (Lipinski definition) is 0. The van der Waals surface area contributed by atoms with E-state index in [1.807, 2.05) is 26.0 Å². The fraction of sp³-hybridized carbons (Fsp3) is 0.273. The van der Waals surface area contributed by atoms with E-state index in [1.165, 1.54) is 5.54 Å². The molecule has 0 unspecified atom stereocenters. The highest BCUT2D eigenvalue weighted by atomic mass is 79.9. The van der Waals surface area contributed by atoms with Crippen molar-refractivity contribution in [1.82, 2.24) is 0 Å². The van der Waals surface area contributed by atoms with Crippen molar-refractivity contribution in [3.05, 3.63) is 38.3 Å². The van der Waals surface area contributed by atoms with E-state index >= 15 is 0 Å². The average Bonchev–Trinajstić information content (AvgIpc) is 2.22. The highest BCUT2D eigenvalue weighted by Gasteiger charge is 2.03. The van der Waals surface area contributed by atoms with E-state index in [0.29, 0.717) is 11.6 Å². The molecule has 0 spiro atoms. The van der Waals surface area contributed by atoms with Crippen LogP contribution in [0.5, 0.6) is 5.75 Å². The molecule has 1 aromatic carbocycles. The molecule has 0 bridgehead atoms. The van der Waals surface area contributed by atoms with E-state index in [9.17, 15) is 0 Å². The molecule has 0 saturated heterocycles. The lowest BCUT2D eigenvalue weighted by Gasteiger charge is -2.09. The molecule has 1 aromatic rings. The number of rotatable bonds is 3. The monoisotopic (exact) mass is 308 g/mol. The van der Waals surface area contributed by atoms with E-state index in [2.05, 4.69) is 15.9 Å². The van der Waals surface area contributed by atoms with Crippen LogP contribution in [0.3, 0.4) is 0 Å². The van der Waals surface area contributed by atoms with Gasteiger partial charge in [-0.3, -0.25) is 0 Å². The van der Waals surface area contributed by atoms with Gasteiger partial charge in [-0.1, -0.05) is 39.1 Å². The quantitative estimate of drug-likeness (QED) is 0.782. The number of hydrogen-bond acceptors (Lipinski definition) is 1. The first-order valence-electron chi connectivity index (χ1n) is 4.39. The summed E-state index contributed by atoms with van der Waals surface area (Å²) in [6, 6.07) is 3.91. The van der Waals surface area contributed by atoms with Crippen molar-refractivity contribution < 1.29 is 4.74 Å². The summed E-state index contributed by atoms with van der Waals surface area (Å²) in [6.07, 6.45) is 0. The van der Waals surface area contributed by atoms with Crippen molar-refractivity contribution in [1.29, 1.82) is 0 Å². The van der Waals surface area contributed by atoms with Gasteiger partial charge in [0.25, 0.3) is 0 Å². The minimum atomic E-state index is 0.297. The molecule has 0 N–H and O–H groups in total. The zero-order chi connectivity index (χ0) is 11.4. The summed E-state index contributed by atoms with van der Waals surface area (Å²) in [5, 5.41) is 0.481. The van der Waals surface area contributed by atoms with Gasteiger partial charge in [0.15, 0.2) is 0 Å². The Kier molecular flexibility index (Phi) is 4.97. The molecule has 0 saturated carbocycles. The third kappa shape index (κ3) is 3.71. The second-order valence-electron chi connectivity index (χ2n) is 3.22. The SMILES string of the molecule is Cc1cc(OC/C(Cl)=C/Cl)cc(C)c1Br. The van der Waals surface area contributed by atoms with Gasteiger partial charge in [0.05, 0.1) is 5.03 Å². The largest absolute Gasteiger partial charge is 0.488 e. The van der Waals surface area contributed by atoms with Gasteiger partial charge in [-0.2, -0.15) is 0 Å². The van der Waals surface area contributed by atoms with Gasteiger partial charge < -0.3 is 4.74 Å². The first kappa shape index (κ1) is 12.9. The van der Waals surface area contributed by atoms with E-state index in [4.69, 9.17) is 27.9 Å². The molecule has 0 fully saturated rings. The molecule has 0 aliphatic heterocycles. The van der Waals surface area contributed by atoms with Crippen molar-refractivity contribution in [3.63, 3.8) is 0 Å². The van der Waals surface area contributed by atoms with Gasteiger partial charge in [-0.05, 0) is 37.1 Å². The molecule has 0 radical (unpaired) electrons. The standard InChI is InChI=1S/C11H11BrCl2O/c1-7-3-10(4-8(2)11(7)12)15-6-9(14)5-13/h3-5H,6H2,1-2H3/b9-5-. The van der Waals surface area contributed by atoms with E-state index in [1.54, 1.807) is 0 Å². The molecular formula is C11H11BrCl2O. The predicted molar refractivity (Wildman–Crippen MR) is 68.9 cm³/mol. The molecule has 0 aliphatic carbocycles. The molecule has 0 aliphatic rings. The van der Waals surface area contributed by atoms with Gasteiger partial charge in [0.2, 0.25) is 0 Å². The Morgan fingerprint density at radius 3 is 2.40 bits per heavy atom. The highest BCUT2D eigenvalue weighted by molar-refractivity contribution is 9.10. The van der Waals surface area contributed by atoms with Gasteiger partial charge in [0.1, 0.15) is 12.4 Å². The fourth-order valence-corrected chi connectivity index (χ4v) is 1.52. The summed E-state index contributed by atoms with van der Waals surface area (Å²) in [5.74, 6) is 0.796. The molecule has 4 heteroatoms. The van der Waals surface area contributed by atoms with Gasteiger partial charge >= 0.3 is 0 Å². The molecule has 1 nitrogen and oxygen atoms in total.